The fraction of sp³-hybridized carbons (Fsp3) is 0.491. The molecular formula is C53H61F4N14O6S+. The average molecular weight is 1100 g/mol. The van der Waals surface area contributed by atoms with Crippen LogP contribution >= 0.6 is 11.3 Å². The van der Waals surface area contributed by atoms with Gasteiger partial charge in [-0.3, -0.25) is 14.6 Å². The fourth-order valence-electron chi connectivity index (χ4n) is 10.8. The van der Waals surface area contributed by atoms with Gasteiger partial charge in [-0.25, -0.2) is 14.4 Å². The van der Waals surface area contributed by atoms with E-state index in [1.165, 1.54) is 33.9 Å². The number of alkyl halides is 3. The van der Waals surface area contributed by atoms with E-state index in [0.29, 0.717) is 46.7 Å². The number of β-amino-alcohol motifs (C(OH)–C–C–N with tert-alkyl or cyclic N) is 1. The molecule has 6 atom stereocenters. The summed E-state index contributed by atoms with van der Waals surface area (Å²) in [6, 6.07) is 5.26. The second-order valence-electron chi connectivity index (χ2n) is 20.7. The largest absolute Gasteiger partial charge is 0.505 e. The highest BCUT2D eigenvalue weighted by molar-refractivity contribution is 7.16. The van der Waals surface area contributed by atoms with Gasteiger partial charge in [0.25, 0.3) is 0 Å². The Bertz CT molecular complexity index is 3190. The number of aliphatic hydroxyl groups is 1. The number of nitrogens with zero attached hydrogens (tertiary/aromatic N) is 12. The van der Waals surface area contributed by atoms with Crippen LogP contribution in [0.25, 0.3) is 22.6 Å². The van der Waals surface area contributed by atoms with Crippen molar-refractivity contribution in [2.24, 2.45) is 22.2 Å². The fourth-order valence-corrected chi connectivity index (χ4v) is 12.0. The number of amides is 2. The van der Waals surface area contributed by atoms with Crippen molar-refractivity contribution in [3.8, 4) is 34.5 Å². The van der Waals surface area contributed by atoms with Crippen LogP contribution in [0.1, 0.15) is 112 Å². The maximum absolute atomic E-state index is 15.5. The summed E-state index contributed by atoms with van der Waals surface area (Å²) in [7, 11) is 0. The van der Waals surface area contributed by atoms with Gasteiger partial charge in [0.15, 0.2) is 11.6 Å². The van der Waals surface area contributed by atoms with E-state index in [1.54, 1.807) is 24.7 Å². The molecule has 0 bridgehead atoms. The summed E-state index contributed by atoms with van der Waals surface area (Å²) in [5, 5.41) is 47.2. The van der Waals surface area contributed by atoms with E-state index in [9.17, 15) is 38.2 Å². The molecule has 20 nitrogen and oxygen atoms in total. The van der Waals surface area contributed by atoms with E-state index in [2.05, 4.69) is 53.6 Å². The van der Waals surface area contributed by atoms with Crippen LogP contribution in [0.3, 0.4) is 0 Å². The predicted molar refractivity (Wildman–Crippen MR) is 278 cm³/mol. The highest BCUT2D eigenvalue weighted by Gasteiger charge is 2.45. The van der Waals surface area contributed by atoms with Gasteiger partial charge in [-0.05, 0) is 90.4 Å². The van der Waals surface area contributed by atoms with Crippen LogP contribution in [-0.2, 0) is 32.3 Å². The van der Waals surface area contributed by atoms with Gasteiger partial charge in [-0.1, -0.05) is 31.1 Å². The van der Waals surface area contributed by atoms with E-state index in [4.69, 9.17) is 25.0 Å². The van der Waals surface area contributed by atoms with Crippen molar-refractivity contribution in [2.75, 3.05) is 50.0 Å². The molecule has 5 aromatic rings. The lowest BCUT2D eigenvalue weighted by molar-refractivity contribution is -0.462. The summed E-state index contributed by atoms with van der Waals surface area (Å²) in [5.74, 6) is -2.89. The predicted octanol–water partition coefficient (Wildman–Crippen LogP) is 7.68. The van der Waals surface area contributed by atoms with Crippen molar-refractivity contribution in [1.82, 2.24) is 40.2 Å². The first kappa shape index (κ1) is 55.3. The van der Waals surface area contributed by atoms with E-state index < -0.39 is 75.8 Å². The Morgan fingerprint density at radius 2 is 1.92 bits per heavy atom. The highest BCUT2D eigenvalue weighted by Crippen LogP contribution is 2.49. The number of halogens is 4. The van der Waals surface area contributed by atoms with Crippen molar-refractivity contribution in [2.45, 2.75) is 115 Å². The first-order valence-corrected chi connectivity index (χ1v) is 26.8. The molecule has 3 aliphatic heterocycles. The normalized spacial score (nSPS) is 22.1. The summed E-state index contributed by atoms with van der Waals surface area (Å²) in [6.45, 7) is 12.8. The third-order valence-corrected chi connectivity index (χ3v) is 16.0. The third-order valence-electron chi connectivity index (χ3n) is 14.9. The standard InChI is InChI=1S/C53H60F4N14O6S/c1-29(2)37(49(75)71-26-32(72)22-40(71)48(74)62-31(4)33-11-12-35(44(54)45(33)73)34-13-16-60-24-38(34)53(55,56)57)27-69-28-42(65-67-69)76-21-7-6-18-68-19-9-20-70(30(3)25-68)51-61-17-14-39(63-51)47-64-50(77-66-47)52(5)15-8-10-41-43(52)36(23-58)46(59)78-41/h11-14,16-17,24,27-32,37,40,72H,6-10,15,18-22,25-26,59H2,1-5H3,(H-,62,73,74)/p+1/b69-27+/t30-,31-,32?,37?,40-,52-/m0/s1. The molecule has 25 heteroatoms. The number of thiophene rings is 1. The SMILES string of the molecule is CC(C)C(/C=[N+]1\C=C(OCCCCN2CCCN(c3nccc(-c4noc([C@@]5(C)CCCc6sc(N)c(C#N)c65)n4)n3)[C@@H](C)C2)N=N1)C(=O)N1CC(O)C[C@H]1C(=O)N[C@@H](C)c1ccc(-c2ccncc2C(F)(F)F)c(F)c1O. The number of anilines is 2. The molecule has 0 radical (unpaired) electrons. The molecule has 2 fully saturated rings. The molecular weight excluding hydrogens is 1040 g/mol. The van der Waals surface area contributed by atoms with Gasteiger partial charge in [-0.15, -0.1) is 16.0 Å². The van der Waals surface area contributed by atoms with Gasteiger partial charge in [0.05, 0.1) is 41.2 Å². The number of aliphatic hydroxyl groups excluding tert-OH is 1. The molecule has 78 heavy (non-hydrogen) atoms. The lowest BCUT2D eigenvalue weighted by atomic mass is 9.72. The number of hydrogen-bond acceptors (Lipinski definition) is 18. The van der Waals surface area contributed by atoms with E-state index in [0.717, 1.165) is 93.5 Å². The molecule has 4 aromatic heterocycles. The Morgan fingerprint density at radius 3 is 2.69 bits per heavy atom. The Morgan fingerprint density at radius 1 is 1.12 bits per heavy atom. The zero-order valence-electron chi connectivity index (χ0n) is 43.7. The highest BCUT2D eigenvalue weighted by atomic mass is 32.1. The van der Waals surface area contributed by atoms with Crippen LogP contribution in [0.2, 0.25) is 0 Å². The number of nitriles is 1. The smallest absolute Gasteiger partial charge is 0.418 e. The lowest BCUT2D eigenvalue weighted by Crippen LogP contribution is -2.49. The molecule has 5 N–H and O–H groups in total. The summed E-state index contributed by atoms with van der Waals surface area (Å²) in [6.07, 6.45) is 5.52. The first-order valence-electron chi connectivity index (χ1n) is 25.9. The third kappa shape index (κ3) is 11.4. The second-order valence-corrected chi connectivity index (χ2v) is 21.9. The molecule has 2 saturated heterocycles. The van der Waals surface area contributed by atoms with E-state index >= 15 is 4.39 Å². The van der Waals surface area contributed by atoms with Crippen LogP contribution in [0.4, 0.5) is 28.5 Å². The Labute approximate surface area is 451 Å². The number of benzene rings is 1. The summed E-state index contributed by atoms with van der Waals surface area (Å²) < 4.78 is 69.8. The topological polar surface area (TPSA) is 261 Å². The van der Waals surface area contributed by atoms with Crippen LogP contribution in [-0.4, -0.2) is 125 Å². The van der Waals surface area contributed by atoms with Gasteiger partial charge in [0.1, 0.15) is 39.4 Å². The molecule has 1 aliphatic carbocycles. The Kier molecular flexibility index (Phi) is 16.2. The van der Waals surface area contributed by atoms with Gasteiger partial charge in [0, 0.05) is 77.8 Å². The number of aromatic hydroxyl groups is 1. The quantitative estimate of drug-likeness (QED) is 0.0420. The van der Waals surface area contributed by atoms with Crippen LogP contribution in [0.5, 0.6) is 5.75 Å². The number of nitrogens with two attached hydrogens (primary N) is 1. The zero-order chi connectivity index (χ0) is 55.6. The Balaban J connectivity index is 0.754. The van der Waals surface area contributed by atoms with Gasteiger partial charge in [0.2, 0.25) is 35.7 Å². The van der Waals surface area contributed by atoms with Crippen LogP contribution < -0.4 is 16.0 Å². The minimum Gasteiger partial charge on any atom is -0.505 e. The van der Waals surface area contributed by atoms with Crippen LogP contribution in [0.15, 0.2) is 69.8 Å². The van der Waals surface area contributed by atoms with Crippen molar-refractivity contribution in [3.05, 3.63) is 93.8 Å². The molecule has 0 saturated carbocycles. The maximum atomic E-state index is 15.5. The molecule has 2 amide bonds. The number of aryl methyl sites for hydroxylation is 1. The molecule has 7 heterocycles. The minimum absolute atomic E-state index is 0.0939. The number of hydrogen-bond donors (Lipinski definition) is 4. The number of aromatic nitrogens is 5. The molecule has 9 rings (SSSR count). The van der Waals surface area contributed by atoms with Crippen LogP contribution in [0, 0.1) is 29.0 Å². The Hall–Kier alpha value is -7.43. The number of phenols is 1. The number of carbonyl (C=O) groups excluding carboxylic acids is 2. The van der Waals surface area contributed by atoms with Crippen molar-refractivity contribution >= 4 is 40.3 Å². The lowest BCUT2D eigenvalue weighted by Gasteiger charge is -2.30. The average Bonchev–Trinajstić information content (AvgIpc) is 4.27. The number of fused-ring (bicyclic) bond motifs is 1. The zero-order valence-corrected chi connectivity index (χ0v) is 44.6. The summed E-state index contributed by atoms with van der Waals surface area (Å²) in [5.41, 5.74) is 5.18. The number of nitrogen functional groups attached to an aromatic ring is 1. The van der Waals surface area contributed by atoms with E-state index in [1.807, 2.05) is 20.8 Å². The first-order chi connectivity index (χ1) is 37.2. The number of phenolic OH excluding ortho intramolecular Hbond substituents is 1. The second kappa shape index (κ2) is 22.9. The van der Waals surface area contributed by atoms with Crippen molar-refractivity contribution in [3.63, 3.8) is 0 Å². The van der Waals surface area contributed by atoms with Crippen molar-refractivity contribution < 1.29 is 51.3 Å². The summed E-state index contributed by atoms with van der Waals surface area (Å²) in [4.78, 5) is 52.7. The number of rotatable bonds is 16. The maximum Gasteiger partial charge on any atom is 0.418 e. The van der Waals surface area contributed by atoms with Crippen molar-refractivity contribution in [1.29, 1.82) is 5.26 Å². The number of ether oxygens (including phenoxy) is 1. The number of carbonyl (C=O) groups is 2. The van der Waals surface area contributed by atoms with Gasteiger partial charge < -0.3 is 45.2 Å². The number of likely N-dealkylation sites (tertiary alicyclic amines) is 1. The van der Waals surface area contributed by atoms with Gasteiger partial charge >= 0.3 is 12.1 Å². The van der Waals surface area contributed by atoms with E-state index in [-0.39, 0.29) is 36.4 Å². The molecule has 1 aromatic carbocycles. The van der Waals surface area contributed by atoms with Gasteiger partial charge in [-0.2, -0.15) is 23.4 Å². The number of pyridine rings is 1. The molecule has 0 spiro atoms. The number of unbranched alkanes of at least 4 members (excludes halogenated alkanes) is 1. The molecule has 4 aliphatic rings. The minimum atomic E-state index is -4.84. The monoisotopic (exact) mass is 1100 g/mol. The number of nitrogens with one attached hydrogen (secondary N) is 1. The summed E-state index contributed by atoms with van der Waals surface area (Å²) >= 11 is 1.45. The molecule has 412 valence electrons. The molecule has 2 unspecified atom stereocenters.